The first-order chi connectivity index (χ1) is 13.4. The maximum atomic E-state index is 10.5. The number of methoxy groups -OCH3 is 1. The van der Waals surface area contributed by atoms with Crippen molar-refractivity contribution in [2.24, 2.45) is 0 Å². The molecular formula is C21H48N2O7. The number of hydrogen-bond acceptors (Lipinski definition) is 8. The quantitative estimate of drug-likeness (QED) is 0.371. The normalized spacial score (nSPS) is 7.93. The second kappa shape index (κ2) is 45.8. The predicted molar refractivity (Wildman–Crippen MR) is 121 cm³/mol. The van der Waals surface area contributed by atoms with Crippen LogP contribution in [0.25, 0.3) is 0 Å². The van der Waals surface area contributed by atoms with Gasteiger partial charge in [0.2, 0.25) is 5.91 Å². The number of nitrogens with one attached hydrogen (secondary N) is 1. The van der Waals surface area contributed by atoms with E-state index < -0.39 is 0 Å². The van der Waals surface area contributed by atoms with Crippen molar-refractivity contribution < 1.29 is 33.6 Å². The number of aliphatic hydroxyl groups is 1. The molecule has 9 heteroatoms. The van der Waals surface area contributed by atoms with Crippen LogP contribution < -0.4 is 5.32 Å². The summed E-state index contributed by atoms with van der Waals surface area (Å²) in [6.07, 6.45) is 1.32. The van der Waals surface area contributed by atoms with Crippen LogP contribution in [-0.4, -0.2) is 77.4 Å². The summed E-state index contributed by atoms with van der Waals surface area (Å²) in [6, 6.07) is 1.98. The summed E-state index contributed by atoms with van der Waals surface area (Å²) in [5, 5.41) is 18.0. The molecule has 9 nitrogen and oxygen atoms in total. The number of rotatable bonds is 11. The minimum Gasteiger partial charge on any atom is -0.469 e. The number of aliphatic hydroxyl groups excluding tert-OH is 1. The standard InChI is InChI=1S/C6H13NO2.C6H12O3.C5H9NO.C2H6O.2CH4/c1-3-9-5-4-6(8)7-2;1-3-9-5-4-6(7)8-2;1-2-7-5-3-4-6;1-2-3;;/h3-5H2,1-2H3,(H,7,8);3-5H2,1-2H3;2-3,5H2,1H3;3H,2H2,1H3;2*1H4. The SMILES string of the molecule is C.C.CCO.CCOCCC#N.CCOCCC(=O)NC.CCOCCC(=O)OC. The van der Waals surface area contributed by atoms with Gasteiger partial charge in [-0.05, 0) is 27.7 Å². The van der Waals surface area contributed by atoms with Gasteiger partial charge in [0.25, 0.3) is 0 Å². The Kier molecular flexibility index (Phi) is 64.7. The van der Waals surface area contributed by atoms with Crippen molar-refractivity contribution in [2.45, 2.75) is 61.8 Å². The van der Waals surface area contributed by atoms with E-state index in [-0.39, 0.29) is 33.3 Å². The van der Waals surface area contributed by atoms with Crippen LogP contribution in [0.4, 0.5) is 0 Å². The lowest BCUT2D eigenvalue weighted by Gasteiger charge is -1.98. The fourth-order valence-electron chi connectivity index (χ4n) is 1.10. The number of amides is 1. The number of nitrogens with zero attached hydrogens (tertiary/aromatic N) is 1. The predicted octanol–water partition coefficient (Wildman–Crippen LogP) is 2.95. The summed E-state index contributed by atoms with van der Waals surface area (Å²) < 4.78 is 19.1. The molecule has 0 atom stereocenters. The zero-order valence-corrected chi connectivity index (χ0v) is 18.4. The zero-order valence-electron chi connectivity index (χ0n) is 18.4. The molecule has 0 aromatic carbocycles. The van der Waals surface area contributed by atoms with Crippen molar-refractivity contribution in [3.05, 3.63) is 0 Å². The molecule has 1 amide bonds. The number of ether oxygens (including phenoxy) is 4. The maximum absolute atomic E-state index is 10.5. The van der Waals surface area contributed by atoms with Gasteiger partial charge in [0.1, 0.15) is 0 Å². The molecule has 0 aromatic rings. The van der Waals surface area contributed by atoms with Gasteiger partial charge in [-0.25, -0.2) is 0 Å². The van der Waals surface area contributed by atoms with Crippen molar-refractivity contribution in [1.29, 1.82) is 5.26 Å². The largest absolute Gasteiger partial charge is 0.469 e. The van der Waals surface area contributed by atoms with Crippen LogP contribution in [0.3, 0.4) is 0 Å². The molecule has 0 rings (SSSR count). The third-order valence-corrected chi connectivity index (χ3v) is 2.40. The number of carbonyl (C=O) groups excluding carboxylic acids is 2. The monoisotopic (exact) mass is 440 g/mol. The van der Waals surface area contributed by atoms with Gasteiger partial charge in [0.05, 0.1) is 45.8 Å². The Morgan fingerprint density at radius 1 is 0.900 bits per heavy atom. The summed E-state index contributed by atoms with van der Waals surface area (Å²) in [7, 11) is 2.99. The van der Waals surface area contributed by atoms with E-state index >= 15 is 0 Å². The first-order valence-corrected chi connectivity index (χ1v) is 9.43. The lowest BCUT2D eigenvalue weighted by molar-refractivity contribution is -0.141. The van der Waals surface area contributed by atoms with E-state index in [0.717, 1.165) is 0 Å². The molecule has 0 aliphatic rings. The van der Waals surface area contributed by atoms with Gasteiger partial charge in [0.15, 0.2) is 0 Å². The Morgan fingerprint density at radius 2 is 1.30 bits per heavy atom. The van der Waals surface area contributed by atoms with Gasteiger partial charge in [-0.15, -0.1) is 0 Å². The molecule has 0 fully saturated rings. The van der Waals surface area contributed by atoms with Crippen molar-refractivity contribution in [3.8, 4) is 6.07 Å². The molecule has 0 saturated carbocycles. The maximum Gasteiger partial charge on any atom is 0.307 e. The van der Waals surface area contributed by atoms with Gasteiger partial charge in [0, 0.05) is 39.9 Å². The van der Waals surface area contributed by atoms with E-state index in [2.05, 4.69) is 10.1 Å². The number of hydrogen-bond donors (Lipinski definition) is 2. The highest BCUT2D eigenvalue weighted by molar-refractivity contribution is 5.75. The first kappa shape index (κ1) is 42.4. The first-order valence-electron chi connectivity index (χ1n) is 9.43. The molecule has 0 saturated heterocycles. The lowest BCUT2D eigenvalue weighted by atomic mass is 10.4. The summed E-state index contributed by atoms with van der Waals surface area (Å²) >= 11 is 0. The molecule has 184 valence electrons. The third kappa shape index (κ3) is 63.4. The van der Waals surface area contributed by atoms with E-state index in [9.17, 15) is 9.59 Å². The molecule has 2 N–H and O–H groups in total. The number of nitriles is 1. The smallest absolute Gasteiger partial charge is 0.307 e. The van der Waals surface area contributed by atoms with Crippen LogP contribution in [-0.2, 0) is 28.5 Å². The summed E-state index contributed by atoms with van der Waals surface area (Å²) in [6.45, 7) is 11.2. The number of carbonyl (C=O) groups is 2. The highest BCUT2D eigenvalue weighted by Gasteiger charge is 1.96. The Hall–Kier alpha value is -1.73. The fourth-order valence-corrected chi connectivity index (χ4v) is 1.10. The van der Waals surface area contributed by atoms with Crippen LogP contribution >= 0.6 is 0 Å². The van der Waals surface area contributed by atoms with E-state index in [0.29, 0.717) is 58.9 Å². The van der Waals surface area contributed by atoms with Crippen LogP contribution in [0.5, 0.6) is 0 Å². The molecule has 0 radical (unpaired) electrons. The number of esters is 1. The van der Waals surface area contributed by atoms with Gasteiger partial charge < -0.3 is 29.4 Å². The van der Waals surface area contributed by atoms with Crippen molar-refractivity contribution >= 4 is 11.9 Å². The Labute approximate surface area is 185 Å². The lowest BCUT2D eigenvalue weighted by Crippen LogP contribution is -2.19. The topological polar surface area (TPSA) is 127 Å². The van der Waals surface area contributed by atoms with E-state index in [4.69, 9.17) is 24.6 Å². The Balaban J connectivity index is -0.0000000658. The molecule has 0 aliphatic heterocycles. The third-order valence-electron chi connectivity index (χ3n) is 2.40. The second-order valence-corrected chi connectivity index (χ2v) is 4.56. The Morgan fingerprint density at radius 3 is 1.63 bits per heavy atom. The molecule has 0 aromatic heterocycles. The van der Waals surface area contributed by atoms with Crippen LogP contribution in [0.15, 0.2) is 0 Å². The van der Waals surface area contributed by atoms with Crippen molar-refractivity contribution in [1.82, 2.24) is 5.32 Å². The molecule has 0 spiro atoms. The minimum atomic E-state index is -0.219. The van der Waals surface area contributed by atoms with E-state index in [1.54, 1.807) is 14.0 Å². The highest BCUT2D eigenvalue weighted by Crippen LogP contribution is 1.84. The summed E-state index contributed by atoms with van der Waals surface area (Å²) in [5.74, 6) is -0.188. The van der Waals surface area contributed by atoms with Crippen molar-refractivity contribution in [3.63, 3.8) is 0 Å². The van der Waals surface area contributed by atoms with Gasteiger partial charge >= 0.3 is 5.97 Å². The molecule has 0 bridgehead atoms. The van der Waals surface area contributed by atoms with E-state index in [1.165, 1.54) is 7.11 Å². The van der Waals surface area contributed by atoms with E-state index in [1.807, 2.05) is 26.8 Å². The van der Waals surface area contributed by atoms with Crippen molar-refractivity contribution in [2.75, 3.05) is 60.4 Å². The Bertz CT molecular complexity index is 327. The average Bonchev–Trinajstić information content (AvgIpc) is 2.70. The molecule has 30 heavy (non-hydrogen) atoms. The fraction of sp³-hybridized carbons (Fsp3) is 0.857. The summed E-state index contributed by atoms with van der Waals surface area (Å²) in [4.78, 5) is 20.9. The van der Waals surface area contributed by atoms with Gasteiger partial charge in [-0.3, -0.25) is 9.59 Å². The van der Waals surface area contributed by atoms with Crippen LogP contribution in [0.1, 0.15) is 61.8 Å². The van der Waals surface area contributed by atoms with Gasteiger partial charge in [-0.2, -0.15) is 5.26 Å². The molecule has 0 unspecified atom stereocenters. The van der Waals surface area contributed by atoms with Crippen LogP contribution in [0.2, 0.25) is 0 Å². The summed E-state index contributed by atoms with van der Waals surface area (Å²) in [5.41, 5.74) is 0. The zero-order chi connectivity index (χ0) is 22.5. The second-order valence-electron chi connectivity index (χ2n) is 4.56. The van der Waals surface area contributed by atoms with Crippen LogP contribution in [0, 0.1) is 11.3 Å². The highest BCUT2D eigenvalue weighted by atomic mass is 16.5. The van der Waals surface area contributed by atoms with Gasteiger partial charge in [-0.1, -0.05) is 14.9 Å². The molecule has 0 heterocycles. The average molecular weight is 441 g/mol. The molecular weight excluding hydrogens is 392 g/mol. The molecule has 0 aliphatic carbocycles. The minimum absolute atomic E-state index is 0.